The average Bonchev–Trinajstić information content (AvgIpc) is 1.97. The van der Waals surface area contributed by atoms with Gasteiger partial charge in [0, 0.05) is 8.95 Å². The monoisotopic (exact) mass is 273 g/mol. The molecule has 0 aliphatic heterocycles. The molecule has 0 N–H and O–H groups in total. The second-order valence-electron chi connectivity index (χ2n) is 2.41. The van der Waals surface area contributed by atoms with E-state index in [1.807, 2.05) is 6.82 Å². The van der Waals surface area contributed by atoms with E-state index in [9.17, 15) is 0 Å². The van der Waals surface area contributed by atoms with E-state index in [0.29, 0.717) is 0 Å². The molecule has 0 aliphatic carbocycles. The molecule has 0 bridgehead atoms. The predicted octanol–water partition coefficient (Wildman–Crippen LogP) is 2.90. The van der Waals surface area contributed by atoms with Gasteiger partial charge in [0.05, 0.1) is 0 Å². The smallest absolute Gasteiger partial charge is 0.0872 e. The lowest BCUT2D eigenvalue weighted by atomic mass is 9.73. The second kappa shape index (κ2) is 3.77. The molecule has 0 amide bonds. The summed E-state index contributed by atoms with van der Waals surface area (Å²) in [6, 6.07) is 4.22. The predicted molar refractivity (Wildman–Crippen MR) is 57.8 cm³/mol. The van der Waals surface area contributed by atoms with Gasteiger partial charge in [-0.25, -0.2) is 0 Å². The quantitative estimate of drug-likeness (QED) is 0.691. The van der Waals surface area contributed by atoms with Gasteiger partial charge in [-0.15, -0.1) is 0 Å². The summed E-state index contributed by atoms with van der Waals surface area (Å²) >= 11 is 6.97. The fourth-order valence-electron chi connectivity index (χ4n) is 0.883. The van der Waals surface area contributed by atoms with E-state index in [1.165, 1.54) is 11.0 Å². The third kappa shape index (κ3) is 2.09. The Kier molecular flexibility index (Phi) is 3.20. The van der Waals surface area contributed by atoms with Crippen molar-refractivity contribution in [2.24, 2.45) is 0 Å². The number of halogens is 2. The molecule has 1 radical (unpaired) electrons. The lowest BCUT2D eigenvalue weighted by Gasteiger charge is -2.04. The van der Waals surface area contributed by atoms with E-state index in [1.54, 1.807) is 0 Å². The Morgan fingerprint density at radius 2 is 1.82 bits per heavy atom. The molecule has 0 saturated carbocycles. The molecule has 0 atom stereocenters. The average molecular weight is 275 g/mol. The van der Waals surface area contributed by atoms with Crippen LogP contribution in [-0.2, 0) is 0 Å². The molecule has 0 spiro atoms. The number of benzene rings is 1. The summed E-state index contributed by atoms with van der Waals surface area (Å²) < 4.78 is 2.31. The number of rotatable bonds is 1. The van der Waals surface area contributed by atoms with Crippen molar-refractivity contribution < 1.29 is 0 Å². The largest absolute Gasteiger partial charge is 0.149 e. The third-order valence-corrected chi connectivity index (χ3v) is 3.13. The molecule has 0 aromatic heterocycles. The third-order valence-electron chi connectivity index (χ3n) is 1.59. The Balaban J connectivity index is 3.21. The first-order valence-electron chi connectivity index (χ1n) is 3.40. The Morgan fingerprint density at radius 1 is 1.18 bits per heavy atom. The normalized spacial score (nSPS) is 9.82. The zero-order valence-electron chi connectivity index (χ0n) is 6.49. The molecular formula is C8H8BBr2. The SMILES string of the molecule is C[B]c1cc(Br)c(C)cc1Br. The van der Waals surface area contributed by atoms with E-state index in [-0.39, 0.29) is 0 Å². The molecule has 0 unspecified atom stereocenters. The van der Waals surface area contributed by atoms with Gasteiger partial charge in [0.1, 0.15) is 7.28 Å². The van der Waals surface area contributed by atoms with Crippen LogP contribution in [0, 0.1) is 6.92 Å². The summed E-state index contributed by atoms with van der Waals surface area (Å²) in [6.45, 7) is 4.11. The van der Waals surface area contributed by atoms with Crippen LogP contribution in [-0.4, -0.2) is 7.28 Å². The highest BCUT2D eigenvalue weighted by Crippen LogP contribution is 2.18. The van der Waals surface area contributed by atoms with Crippen molar-refractivity contribution in [3.63, 3.8) is 0 Å². The van der Waals surface area contributed by atoms with E-state index in [0.717, 1.165) is 8.95 Å². The summed E-state index contributed by atoms with van der Waals surface area (Å²) in [6.07, 6.45) is 0. The minimum absolute atomic E-state index is 1.15. The molecule has 1 aromatic rings. The second-order valence-corrected chi connectivity index (χ2v) is 4.12. The van der Waals surface area contributed by atoms with Crippen LogP contribution in [0.4, 0.5) is 0 Å². The summed E-state index contributed by atoms with van der Waals surface area (Å²) in [5.41, 5.74) is 2.48. The van der Waals surface area contributed by atoms with E-state index < -0.39 is 0 Å². The molecule has 11 heavy (non-hydrogen) atoms. The number of aryl methyl sites for hydroxylation is 1. The maximum Gasteiger partial charge on any atom is 0.149 e. The van der Waals surface area contributed by atoms with Gasteiger partial charge in [-0.3, -0.25) is 0 Å². The molecule has 0 fully saturated rings. The van der Waals surface area contributed by atoms with Gasteiger partial charge in [-0.1, -0.05) is 50.2 Å². The lowest BCUT2D eigenvalue weighted by molar-refractivity contribution is 1.43. The molecule has 3 heteroatoms. The van der Waals surface area contributed by atoms with Crippen molar-refractivity contribution in [2.75, 3.05) is 0 Å². The molecular weight excluding hydrogens is 267 g/mol. The van der Waals surface area contributed by atoms with Gasteiger partial charge < -0.3 is 0 Å². The van der Waals surface area contributed by atoms with Crippen molar-refractivity contribution in [1.82, 2.24) is 0 Å². The highest BCUT2D eigenvalue weighted by atomic mass is 79.9. The maximum absolute atomic E-state index is 3.49. The van der Waals surface area contributed by atoms with Gasteiger partial charge in [0.25, 0.3) is 0 Å². The fraction of sp³-hybridized carbons (Fsp3) is 0.250. The van der Waals surface area contributed by atoms with Crippen molar-refractivity contribution in [2.45, 2.75) is 13.7 Å². The minimum atomic E-state index is 1.15. The Hall–Kier alpha value is 0.245. The summed E-state index contributed by atoms with van der Waals surface area (Å²) in [4.78, 5) is 0. The molecule has 1 rings (SSSR count). The van der Waals surface area contributed by atoms with Crippen molar-refractivity contribution in [1.29, 1.82) is 0 Å². The highest BCUT2D eigenvalue weighted by Gasteiger charge is 2.01. The van der Waals surface area contributed by atoms with Crippen LogP contribution in [0.1, 0.15) is 5.56 Å². The van der Waals surface area contributed by atoms with E-state index in [4.69, 9.17) is 0 Å². The first-order chi connectivity index (χ1) is 5.15. The summed E-state index contributed by atoms with van der Waals surface area (Å²) in [7, 11) is 2.08. The molecule has 0 aliphatic rings. The van der Waals surface area contributed by atoms with Gasteiger partial charge >= 0.3 is 0 Å². The van der Waals surface area contributed by atoms with E-state index in [2.05, 4.69) is 58.2 Å². The lowest BCUT2D eigenvalue weighted by Crippen LogP contribution is -2.12. The van der Waals surface area contributed by atoms with Crippen LogP contribution >= 0.6 is 31.9 Å². The molecule has 57 valence electrons. The van der Waals surface area contributed by atoms with Crippen molar-refractivity contribution >= 4 is 44.6 Å². The van der Waals surface area contributed by atoms with Crippen molar-refractivity contribution in [3.05, 3.63) is 26.6 Å². The zero-order chi connectivity index (χ0) is 8.43. The molecule has 0 saturated heterocycles. The van der Waals surface area contributed by atoms with Crippen LogP contribution in [0.25, 0.3) is 0 Å². The topological polar surface area (TPSA) is 0 Å². The van der Waals surface area contributed by atoms with Crippen LogP contribution < -0.4 is 5.46 Å². The van der Waals surface area contributed by atoms with Crippen LogP contribution in [0.5, 0.6) is 0 Å². The van der Waals surface area contributed by atoms with E-state index >= 15 is 0 Å². The molecule has 1 aromatic carbocycles. The van der Waals surface area contributed by atoms with Gasteiger partial charge in [-0.2, -0.15) is 0 Å². The zero-order valence-corrected chi connectivity index (χ0v) is 9.66. The van der Waals surface area contributed by atoms with Crippen LogP contribution in [0.15, 0.2) is 21.1 Å². The maximum atomic E-state index is 3.49. The number of hydrogen-bond acceptors (Lipinski definition) is 0. The Morgan fingerprint density at radius 3 is 2.36 bits per heavy atom. The standard InChI is InChI=1S/C8H8BBr2/c1-5-3-8(11)6(9-2)4-7(5)10/h3-4H,1-2H3. The van der Waals surface area contributed by atoms with Gasteiger partial charge in [0.2, 0.25) is 0 Å². The van der Waals surface area contributed by atoms with Gasteiger partial charge in [-0.05, 0) is 18.6 Å². The van der Waals surface area contributed by atoms with Crippen LogP contribution in [0.3, 0.4) is 0 Å². The molecule has 0 heterocycles. The Bertz CT molecular complexity index is 271. The first kappa shape index (κ1) is 9.33. The number of hydrogen-bond donors (Lipinski definition) is 0. The fourth-order valence-corrected chi connectivity index (χ4v) is 1.93. The highest BCUT2D eigenvalue weighted by molar-refractivity contribution is 9.11. The molecule has 0 nitrogen and oxygen atoms in total. The summed E-state index contributed by atoms with van der Waals surface area (Å²) in [5, 5.41) is 0. The Labute approximate surface area is 84.9 Å². The van der Waals surface area contributed by atoms with Gasteiger partial charge in [0.15, 0.2) is 0 Å². The van der Waals surface area contributed by atoms with Crippen molar-refractivity contribution in [3.8, 4) is 0 Å². The summed E-state index contributed by atoms with van der Waals surface area (Å²) in [5.74, 6) is 0. The minimum Gasteiger partial charge on any atom is -0.0872 e. The van der Waals surface area contributed by atoms with Crippen LogP contribution in [0.2, 0.25) is 6.82 Å². The first-order valence-corrected chi connectivity index (χ1v) is 4.98.